The number of benzene rings is 2. The lowest BCUT2D eigenvalue weighted by Crippen LogP contribution is -2.44. The van der Waals surface area contributed by atoms with E-state index in [0.717, 1.165) is 16.5 Å². The third-order valence-corrected chi connectivity index (χ3v) is 6.93. The van der Waals surface area contributed by atoms with Gasteiger partial charge in [0.15, 0.2) is 0 Å². The van der Waals surface area contributed by atoms with Crippen LogP contribution in [0.2, 0.25) is 0 Å². The number of halogens is 1. The molecule has 0 spiro atoms. The van der Waals surface area contributed by atoms with Crippen molar-refractivity contribution in [3.05, 3.63) is 48.3 Å². The first-order chi connectivity index (χ1) is 15.6. The summed E-state index contributed by atoms with van der Waals surface area (Å²) in [6.45, 7) is 6.20. The summed E-state index contributed by atoms with van der Waals surface area (Å²) >= 11 is 1.44. The van der Waals surface area contributed by atoms with Gasteiger partial charge in [-0.15, -0.1) is 11.8 Å². The Hall–Kier alpha value is -3.07. The molecule has 0 radical (unpaired) electrons. The van der Waals surface area contributed by atoms with Gasteiger partial charge in [-0.25, -0.2) is 9.18 Å². The van der Waals surface area contributed by atoms with Crippen molar-refractivity contribution in [2.24, 2.45) is 0 Å². The highest BCUT2D eigenvalue weighted by atomic mass is 32.2. The number of aromatic nitrogens is 2. The number of nitrogens with one attached hydrogen (secondary N) is 2. The van der Waals surface area contributed by atoms with Crippen LogP contribution in [-0.4, -0.2) is 56.8 Å². The molecule has 3 aromatic rings. The largest absolute Gasteiger partial charge is 0.444 e. The van der Waals surface area contributed by atoms with E-state index in [1.807, 2.05) is 45.2 Å². The molecule has 1 aromatic heterocycles. The number of ether oxygens (including phenoxy) is 1. The molecule has 1 atom stereocenters. The molecule has 4 rings (SSSR count). The standard InChI is InChI=1S/C24H27FN4O3S/c1-23(2,3)32-22(31)29-12-11-24(14-29,33-4)21(30)26-17-9-10-19-18(13-17)20(28-27-19)15-5-7-16(25)8-6-15/h5-10,13H,11-12,14H2,1-4H3,(H,26,30)(H,27,28)/t24-/m0/s1. The Kier molecular flexibility index (Phi) is 6.09. The van der Waals surface area contributed by atoms with E-state index in [9.17, 15) is 14.0 Å². The molecule has 1 aliphatic rings. The van der Waals surface area contributed by atoms with E-state index in [1.165, 1.54) is 23.9 Å². The number of hydrogen-bond donors (Lipinski definition) is 2. The Balaban J connectivity index is 1.54. The monoisotopic (exact) mass is 470 g/mol. The van der Waals surface area contributed by atoms with Crippen molar-refractivity contribution in [1.82, 2.24) is 15.1 Å². The van der Waals surface area contributed by atoms with Crippen molar-refractivity contribution in [3.63, 3.8) is 0 Å². The van der Waals surface area contributed by atoms with E-state index in [2.05, 4.69) is 15.5 Å². The minimum atomic E-state index is -0.762. The topological polar surface area (TPSA) is 87.3 Å². The van der Waals surface area contributed by atoms with Gasteiger partial charge in [0, 0.05) is 29.7 Å². The molecule has 2 N–H and O–H groups in total. The number of anilines is 1. The van der Waals surface area contributed by atoms with Crippen LogP contribution in [0.15, 0.2) is 42.5 Å². The Labute approximate surface area is 196 Å². The number of H-pyrrole nitrogens is 1. The van der Waals surface area contributed by atoms with E-state index in [1.54, 1.807) is 17.0 Å². The molecule has 0 bridgehead atoms. The van der Waals surface area contributed by atoms with Crippen LogP contribution in [0.1, 0.15) is 27.2 Å². The van der Waals surface area contributed by atoms with E-state index in [-0.39, 0.29) is 18.3 Å². The maximum Gasteiger partial charge on any atom is 0.410 e. The molecule has 2 aromatic carbocycles. The number of nitrogens with zero attached hydrogens (tertiary/aromatic N) is 2. The molecule has 0 unspecified atom stereocenters. The predicted octanol–water partition coefficient (Wildman–Crippen LogP) is 5.05. The fourth-order valence-corrected chi connectivity index (χ4v) is 4.69. The van der Waals surface area contributed by atoms with Crippen LogP contribution in [0.3, 0.4) is 0 Å². The molecular formula is C24H27FN4O3S. The van der Waals surface area contributed by atoms with Gasteiger partial charge in [0.25, 0.3) is 0 Å². The highest BCUT2D eigenvalue weighted by Crippen LogP contribution is 2.36. The Morgan fingerprint density at radius 1 is 1.21 bits per heavy atom. The number of fused-ring (bicyclic) bond motifs is 1. The minimum Gasteiger partial charge on any atom is -0.444 e. The van der Waals surface area contributed by atoms with Gasteiger partial charge < -0.3 is 15.0 Å². The normalized spacial score (nSPS) is 18.5. The molecule has 1 aliphatic heterocycles. The van der Waals surface area contributed by atoms with Crippen LogP contribution in [-0.2, 0) is 9.53 Å². The van der Waals surface area contributed by atoms with Gasteiger partial charge in [0.05, 0.1) is 11.2 Å². The van der Waals surface area contributed by atoms with Crippen LogP contribution >= 0.6 is 11.8 Å². The molecule has 2 heterocycles. The van der Waals surface area contributed by atoms with Gasteiger partial charge in [-0.05, 0) is 75.9 Å². The summed E-state index contributed by atoms with van der Waals surface area (Å²) < 4.78 is 18.0. The number of rotatable bonds is 4. The second kappa shape index (κ2) is 8.70. The van der Waals surface area contributed by atoms with Gasteiger partial charge in [-0.1, -0.05) is 0 Å². The molecule has 0 saturated carbocycles. The fourth-order valence-electron chi connectivity index (χ4n) is 3.87. The summed E-state index contributed by atoms with van der Waals surface area (Å²) in [6.07, 6.45) is 2.01. The third kappa shape index (κ3) is 4.83. The zero-order valence-corrected chi connectivity index (χ0v) is 19.9. The molecule has 33 heavy (non-hydrogen) atoms. The van der Waals surface area contributed by atoms with Crippen LogP contribution < -0.4 is 5.32 Å². The zero-order valence-electron chi connectivity index (χ0n) is 19.1. The predicted molar refractivity (Wildman–Crippen MR) is 129 cm³/mol. The first-order valence-corrected chi connectivity index (χ1v) is 11.9. The lowest BCUT2D eigenvalue weighted by atomic mass is 10.1. The number of amides is 2. The van der Waals surface area contributed by atoms with Crippen molar-refractivity contribution in [3.8, 4) is 11.3 Å². The molecule has 1 fully saturated rings. The van der Waals surface area contributed by atoms with E-state index in [0.29, 0.717) is 24.3 Å². The summed E-state index contributed by atoms with van der Waals surface area (Å²) in [5.74, 6) is -0.474. The average Bonchev–Trinajstić information content (AvgIpc) is 3.38. The first kappa shape index (κ1) is 23.1. The lowest BCUT2D eigenvalue weighted by Gasteiger charge is -2.28. The lowest BCUT2D eigenvalue weighted by molar-refractivity contribution is -0.118. The van der Waals surface area contributed by atoms with Gasteiger partial charge in [0.2, 0.25) is 5.91 Å². The van der Waals surface area contributed by atoms with Gasteiger partial charge >= 0.3 is 6.09 Å². The van der Waals surface area contributed by atoms with E-state index >= 15 is 0 Å². The quantitative estimate of drug-likeness (QED) is 0.557. The molecule has 2 amide bonds. The number of carbonyl (C=O) groups excluding carboxylic acids is 2. The van der Waals surface area contributed by atoms with Crippen LogP contribution in [0, 0.1) is 5.82 Å². The van der Waals surface area contributed by atoms with E-state index < -0.39 is 16.4 Å². The highest BCUT2D eigenvalue weighted by molar-refractivity contribution is 8.00. The number of likely N-dealkylation sites (tertiary alicyclic amines) is 1. The Bertz CT molecular complexity index is 1190. The minimum absolute atomic E-state index is 0.160. The number of thioether (sulfide) groups is 1. The van der Waals surface area contributed by atoms with Crippen LogP contribution in [0.5, 0.6) is 0 Å². The number of hydrogen-bond acceptors (Lipinski definition) is 5. The second-order valence-electron chi connectivity index (χ2n) is 9.14. The van der Waals surface area contributed by atoms with Gasteiger partial charge in [-0.3, -0.25) is 9.89 Å². The van der Waals surface area contributed by atoms with Crippen molar-refractivity contribution in [1.29, 1.82) is 0 Å². The SMILES string of the molecule is CS[C@@]1(C(=O)Nc2ccc3[nH]nc(-c4ccc(F)cc4)c3c2)CCN(C(=O)OC(C)(C)C)C1. The Morgan fingerprint density at radius 3 is 2.61 bits per heavy atom. The van der Waals surface area contributed by atoms with Crippen molar-refractivity contribution >= 4 is 40.4 Å². The maximum atomic E-state index is 13.3. The summed E-state index contributed by atoms with van der Waals surface area (Å²) in [5, 5.41) is 11.2. The summed E-state index contributed by atoms with van der Waals surface area (Å²) in [7, 11) is 0. The van der Waals surface area contributed by atoms with Gasteiger partial charge in [-0.2, -0.15) is 5.10 Å². The summed E-state index contributed by atoms with van der Waals surface area (Å²) in [4.78, 5) is 27.4. The molecule has 9 heteroatoms. The van der Waals surface area contributed by atoms with Crippen LogP contribution in [0.25, 0.3) is 22.2 Å². The smallest absolute Gasteiger partial charge is 0.410 e. The van der Waals surface area contributed by atoms with Crippen molar-refractivity contribution in [2.45, 2.75) is 37.5 Å². The first-order valence-electron chi connectivity index (χ1n) is 10.7. The number of aromatic amines is 1. The highest BCUT2D eigenvalue weighted by Gasteiger charge is 2.46. The molecular weight excluding hydrogens is 443 g/mol. The zero-order chi connectivity index (χ0) is 23.8. The van der Waals surface area contributed by atoms with E-state index in [4.69, 9.17) is 4.74 Å². The van der Waals surface area contributed by atoms with Crippen LogP contribution in [0.4, 0.5) is 14.9 Å². The molecule has 1 saturated heterocycles. The molecule has 174 valence electrons. The second-order valence-corrected chi connectivity index (χ2v) is 10.3. The van der Waals surface area contributed by atoms with Gasteiger partial charge in [0.1, 0.15) is 16.2 Å². The average molecular weight is 471 g/mol. The van der Waals surface area contributed by atoms with Crippen molar-refractivity contribution in [2.75, 3.05) is 24.7 Å². The Morgan fingerprint density at radius 2 is 1.94 bits per heavy atom. The molecule has 7 nitrogen and oxygen atoms in total. The third-order valence-electron chi connectivity index (χ3n) is 5.63. The maximum absolute atomic E-state index is 13.3. The summed E-state index contributed by atoms with van der Waals surface area (Å²) in [6, 6.07) is 11.6. The number of carbonyl (C=O) groups is 2. The van der Waals surface area contributed by atoms with Crippen molar-refractivity contribution < 1.29 is 18.7 Å². The molecule has 0 aliphatic carbocycles. The summed E-state index contributed by atoms with van der Waals surface area (Å²) in [5.41, 5.74) is 2.30. The fraction of sp³-hybridized carbons (Fsp3) is 0.375.